The summed E-state index contributed by atoms with van der Waals surface area (Å²) in [6.45, 7) is 10.5. The van der Waals surface area contributed by atoms with Gasteiger partial charge in [0.25, 0.3) is 0 Å². The van der Waals surface area contributed by atoms with Crippen LogP contribution in [0.1, 0.15) is 66.2 Å². The Kier molecular flexibility index (Phi) is 7.11. The lowest BCUT2D eigenvalue weighted by Crippen LogP contribution is -2.52. The number of hydrogen-bond acceptors (Lipinski definition) is 2. The second-order valence-corrected chi connectivity index (χ2v) is 7.26. The minimum Gasteiger partial charge on any atom is -0.392 e. The molecule has 1 heterocycles. The molecule has 0 atom stereocenters. The molecule has 0 bridgehead atoms. The van der Waals surface area contributed by atoms with Gasteiger partial charge in [-0.3, -0.25) is 4.79 Å². The largest absolute Gasteiger partial charge is 0.392 e. The van der Waals surface area contributed by atoms with Crippen LogP contribution in [0.5, 0.6) is 0 Å². The predicted molar refractivity (Wildman–Crippen MR) is 93.2 cm³/mol. The maximum absolute atomic E-state index is 13.1. The van der Waals surface area contributed by atoms with Crippen LogP contribution in [0.3, 0.4) is 0 Å². The number of likely N-dealkylation sites (tertiary alicyclic amines) is 1. The Balaban J connectivity index is 2.84. The Labute approximate surface area is 135 Å². The lowest BCUT2D eigenvalue weighted by molar-refractivity contribution is -0.140. The van der Waals surface area contributed by atoms with Crippen LogP contribution in [0.2, 0.25) is 0 Å². The smallest absolute Gasteiger partial charge is 0.235 e. The Morgan fingerprint density at radius 3 is 2.05 bits per heavy atom. The van der Waals surface area contributed by atoms with E-state index >= 15 is 0 Å². The summed E-state index contributed by atoms with van der Waals surface area (Å²) in [5.74, 6) is 1.63. The summed E-state index contributed by atoms with van der Waals surface area (Å²) in [7, 11) is 0. The van der Waals surface area contributed by atoms with Gasteiger partial charge in [0.15, 0.2) is 0 Å². The van der Waals surface area contributed by atoms with Gasteiger partial charge in [0, 0.05) is 13.1 Å². The molecule has 2 N–H and O–H groups in total. The van der Waals surface area contributed by atoms with Crippen molar-refractivity contribution < 1.29 is 4.79 Å². The van der Waals surface area contributed by atoms with Crippen molar-refractivity contribution in [3.63, 3.8) is 0 Å². The van der Waals surface area contributed by atoms with Gasteiger partial charge in [0.2, 0.25) is 5.91 Å². The number of amides is 1. The van der Waals surface area contributed by atoms with Gasteiger partial charge in [0.1, 0.15) is 0 Å². The van der Waals surface area contributed by atoms with Crippen LogP contribution in [0.25, 0.3) is 0 Å². The highest BCUT2D eigenvalue weighted by molar-refractivity contribution is 7.80. The summed E-state index contributed by atoms with van der Waals surface area (Å²) in [4.78, 5) is 15.5. The van der Waals surface area contributed by atoms with Gasteiger partial charge < -0.3 is 10.6 Å². The second-order valence-electron chi connectivity index (χ2n) is 6.82. The molecule has 0 aromatic heterocycles. The summed E-state index contributed by atoms with van der Waals surface area (Å²) < 4.78 is 0. The number of nitrogens with two attached hydrogens (primary N) is 1. The van der Waals surface area contributed by atoms with E-state index < -0.39 is 5.41 Å². The molecule has 1 saturated heterocycles. The Hall–Kier alpha value is -0.640. The van der Waals surface area contributed by atoms with Crippen LogP contribution in [0.15, 0.2) is 0 Å². The standard InChI is InChI=1S/C17H32N2OS/c1-5-9-17(10-6-2,15(18)21)16(20)19-11-7-14(8-12-19)13(3)4/h13-14H,5-12H2,1-4H3,(H2,18,21). The second kappa shape index (κ2) is 8.11. The van der Waals surface area contributed by atoms with Gasteiger partial charge in [0.05, 0.1) is 10.4 Å². The molecule has 1 fully saturated rings. The number of rotatable bonds is 7. The van der Waals surface area contributed by atoms with E-state index in [1.54, 1.807) is 0 Å². The summed E-state index contributed by atoms with van der Waals surface area (Å²) in [6, 6.07) is 0. The van der Waals surface area contributed by atoms with E-state index in [0.29, 0.717) is 10.9 Å². The van der Waals surface area contributed by atoms with Crippen molar-refractivity contribution in [3.8, 4) is 0 Å². The maximum Gasteiger partial charge on any atom is 0.235 e. The van der Waals surface area contributed by atoms with Crippen LogP contribution in [-0.2, 0) is 4.79 Å². The lowest BCUT2D eigenvalue weighted by Gasteiger charge is -2.40. The third kappa shape index (κ3) is 4.18. The fraction of sp³-hybridized carbons (Fsp3) is 0.882. The van der Waals surface area contributed by atoms with Crippen molar-refractivity contribution in [1.29, 1.82) is 0 Å². The highest BCUT2D eigenvalue weighted by Gasteiger charge is 2.43. The van der Waals surface area contributed by atoms with E-state index in [0.717, 1.165) is 57.5 Å². The van der Waals surface area contributed by atoms with Crippen molar-refractivity contribution in [2.75, 3.05) is 13.1 Å². The van der Waals surface area contributed by atoms with Crippen molar-refractivity contribution in [2.24, 2.45) is 23.0 Å². The van der Waals surface area contributed by atoms with Crippen molar-refractivity contribution in [3.05, 3.63) is 0 Å². The zero-order valence-electron chi connectivity index (χ0n) is 14.2. The van der Waals surface area contributed by atoms with E-state index in [1.165, 1.54) is 0 Å². The number of piperidine rings is 1. The molecule has 1 rings (SSSR count). The zero-order valence-corrected chi connectivity index (χ0v) is 15.0. The van der Waals surface area contributed by atoms with E-state index in [4.69, 9.17) is 18.0 Å². The van der Waals surface area contributed by atoms with Crippen LogP contribution >= 0.6 is 12.2 Å². The number of nitrogens with zero attached hydrogens (tertiary/aromatic N) is 1. The van der Waals surface area contributed by atoms with Gasteiger partial charge in [-0.15, -0.1) is 0 Å². The molecule has 0 unspecified atom stereocenters. The highest BCUT2D eigenvalue weighted by atomic mass is 32.1. The van der Waals surface area contributed by atoms with E-state index in [-0.39, 0.29) is 5.91 Å². The molecule has 0 saturated carbocycles. The number of carbonyl (C=O) groups excluding carboxylic acids is 1. The SMILES string of the molecule is CCCC(CCC)(C(=O)N1CCC(C(C)C)CC1)C(N)=S. The number of thiocarbonyl (C=S) groups is 1. The number of carbonyl (C=O) groups is 1. The van der Waals surface area contributed by atoms with Gasteiger partial charge in [-0.05, 0) is 37.5 Å². The molecular formula is C17H32N2OS. The average Bonchev–Trinajstić information content (AvgIpc) is 2.46. The molecular weight excluding hydrogens is 280 g/mol. The quantitative estimate of drug-likeness (QED) is 0.728. The fourth-order valence-electron chi connectivity index (χ4n) is 3.62. The van der Waals surface area contributed by atoms with Crippen molar-refractivity contribution >= 4 is 23.1 Å². The zero-order chi connectivity index (χ0) is 16.0. The van der Waals surface area contributed by atoms with E-state index in [9.17, 15) is 4.79 Å². The van der Waals surface area contributed by atoms with Gasteiger partial charge in [-0.25, -0.2) is 0 Å². The van der Waals surface area contributed by atoms with Crippen LogP contribution in [0, 0.1) is 17.3 Å². The predicted octanol–water partition coefficient (Wildman–Crippen LogP) is 3.75. The summed E-state index contributed by atoms with van der Waals surface area (Å²) in [6.07, 6.45) is 5.64. The van der Waals surface area contributed by atoms with Crippen molar-refractivity contribution in [1.82, 2.24) is 4.90 Å². The lowest BCUT2D eigenvalue weighted by atomic mass is 9.76. The van der Waals surface area contributed by atoms with Gasteiger partial charge in [-0.1, -0.05) is 52.8 Å². The molecule has 21 heavy (non-hydrogen) atoms. The van der Waals surface area contributed by atoms with E-state index in [1.807, 2.05) is 4.90 Å². The third-order valence-corrected chi connectivity index (χ3v) is 5.39. The van der Waals surface area contributed by atoms with E-state index in [2.05, 4.69) is 27.7 Å². The highest BCUT2D eigenvalue weighted by Crippen LogP contribution is 2.35. The minimum atomic E-state index is -0.608. The molecule has 0 spiro atoms. The van der Waals surface area contributed by atoms with Crippen molar-refractivity contribution in [2.45, 2.75) is 66.2 Å². The molecule has 0 aromatic rings. The Morgan fingerprint density at radius 2 is 1.71 bits per heavy atom. The average molecular weight is 313 g/mol. The normalized spacial score (nSPS) is 17.3. The topological polar surface area (TPSA) is 46.3 Å². The number of hydrogen-bond donors (Lipinski definition) is 1. The van der Waals surface area contributed by atoms with Crippen LogP contribution in [-0.4, -0.2) is 28.9 Å². The summed E-state index contributed by atoms with van der Waals surface area (Å²) in [5.41, 5.74) is 5.40. The molecule has 0 aliphatic carbocycles. The third-order valence-electron chi connectivity index (χ3n) is 5.00. The molecule has 1 aliphatic rings. The maximum atomic E-state index is 13.1. The first kappa shape index (κ1) is 18.4. The molecule has 0 radical (unpaired) electrons. The van der Waals surface area contributed by atoms with Gasteiger partial charge >= 0.3 is 0 Å². The summed E-state index contributed by atoms with van der Waals surface area (Å²) >= 11 is 5.30. The first-order valence-corrected chi connectivity index (χ1v) is 8.89. The van der Waals surface area contributed by atoms with Crippen LogP contribution < -0.4 is 5.73 Å². The molecule has 0 aromatic carbocycles. The van der Waals surface area contributed by atoms with Gasteiger partial charge in [-0.2, -0.15) is 0 Å². The molecule has 4 heteroatoms. The molecule has 1 aliphatic heterocycles. The molecule has 1 amide bonds. The first-order chi connectivity index (χ1) is 9.89. The summed E-state index contributed by atoms with van der Waals surface area (Å²) in [5, 5.41) is 0. The Bertz CT molecular complexity index is 354. The minimum absolute atomic E-state index is 0.181. The molecule has 122 valence electrons. The monoisotopic (exact) mass is 312 g/mol. The first-order valence-electron chi connectivity index (χ1n) is 8.48. The van der Waals surface area contributed by atoms with Crippen LogP contribution in [0.4, 0.5) is 0 Å². The molecule has 3 nitrogen and oxygen atoms in total. The Morgan fingerprint density at radius 1 is 1.24 bits per heavy atom. The fourth-order valence-corrected chi connectivity index (χ4v) is 3.91.